The highest BCUT2D eigenvalue weighted by Gasteiger charge is 2.07. The summed E-state index contributed by atoms with van der Waals surface area (Å²) < 4.78 is 5.36. The molecule has 0 saturated heterocycles. The summed E-state index contributed by atoms with van der Waals surface area (Å²) in [6.07, 6.45) is 5.02. The van der Waals surface area contributed by atoms with Gasteiger partial charge in [-0.1, -0.05) is 12.0 Å². The summed E-state index contributed by atoms with van der Waals surface area (Å²) in [6, 6.07) is 3.85. The second-order valence-electron chi connectivity index (χ2n) is 3.63. The van der Waals surface area contributed by atoms with Crippen LogP contribution < -0.4 is 0 Å². The largest absolute Gasteiger partial charge is 0.372 e. The zero-order chi connectivity index (χ0) is 14.1. The van der Waals surface area contributed by atoms with Crippen molar-refractivity contribution in [1.29, 1.82) is 15.9 Å². The van der Waals surface area contributed by atoms with E-state index in [0.717, 1.165) is 11.1 Å². The first-order valence-corrected chi connectivity index (χ1v) is 5.46. The van der Waals surface area contributed by atoms with Gasteiger partial charge in [-0.25, -0.2) is 0 Å². The maximum Gasteiger partial charge on any atom is 0.113 e. The van der Waals surface area contributed by atoms with Crippen LogP contribution >= 0.6 is 0 Å². The first kappa shape index (κ1) is 14.2. The van der Waals surface area contributed by atoms with Crippen LogP contribution in [0.1, 0.15) is 6.92 Å². The van der Waals surface area contributed by atoms with E-state index in [1.54, 1.807) is 13.0 Å². The van der Waals surface area contributed by atoms with Crippen molar-refractivity contribution in [3.8, 4) is 24.0 Å². The fourth-order valence-corrected chi connectivity index (χ4v) is 1.47. The van der Waals surface area contributed by atoms with Crippen molar-refractivity contribution in [1.82, 2.24) is 0 Å². The van der Waals surface area contributed by atoms with Gasteiger partial charge in [0.15, 0.2) is 0 Å². The molecule has 4 heteroatoms. The molecule has 0 bridgehead atoms. The van der Waals surface area contributed by atoms with Gasteiger partial charge in [-0.3, -0.25) is 5.41 Å². The summed E-state index contributed by atoms with van der Waals surface area (Å²) >= 11 is 0. The molecule has 0 spiro atoms. The van der Waals surface area contributed by atoms with E-state index in [4.69, 9.17) is 20.7 Å². The molecular formula is C15H11N3O. The normalized spacial score (nSPS) is 16.3. The Morgan fingerprint density at radius 1 is 1.37 bits per heavy atom. The Bertz CT molecular complexity index is 648. The summed E-state index contributed by atoms with van der Waals surface area (Å²) in [4.78, 5) is 0. The highest BCUT2D eigenvalue weighted by Crippen LogP contribution is 2.15. The highest BCUT2D eigenvalue weighted by atomic mass is 16.5. The van der Waals surface area contributed by atoms with E-state index in [1.165, 1.54) is 6.08 Å². The Morgan fingerprint density at radius 2 is 2.16 bits per heavy atom. The molecule has 1 N–H and O–H groups in total. The van der Waals surface area contributed by atoms with Gasteiger partial charge in [0, 0.05) is 0 Å². The van der Waals surface area contributed by atoms with Crippen molar-refractivity contribution in [3.05, 3.63) is 40.5 Å². The monoisotopic (exact) mass is 249 g/mol. The molecule has 1 aliphatic heterocycles. The molecule has 0 aliphatic carbocycles. The van der Waals surface area contributed by atoms with Crippen molar-refractivity contribution >= 4 is 5.87 Å². The molecule has 0 fully saturated rings. The summed E-state index contributed by atoms with van der Waals surface area (Å²) in [7, 11) is 0. The number of allylic oxidation sites excluding steroid dienone is 3. The average Bonchev–Trinajstić information content (AvgIpc) is 2.44. The van der Waals surface area contributed by atoms with Crippen molar-refractivity contribution in [2.75, 3.05) is 13.2 Å². The molecule has 0 saturated carbocycles. The Kier molecular flexibility index (Phi) is 5.61. The van der Waals surface area contributed by atoms with Gasteiger partial charge in [0.1, 0.15) is 23.3 Å². The Balaban J connectivity index is 3.08. The van der Waals surface area contributed by atoms with E-state index in [2.05, 4.69) is 11.8 Å². The number of hydrogen-bond acceptors (Lipinski definition) is 4. The van der Waals surface area contributed by atoms with Crippen molar-refractivity contribution in [3.63, 3.8) is 0 Å². The number of nitrogens with zero attached hydrogens (tertiary/aromatic N) is 2. The number of hydrogen-bond donors (Lipinski definition) is 1. The van der Waals surface area contributed by atoms with Crippen LogP contribution in [0.5, 0.6) is 0 Å². The predicted molar refractivity (Wildman–Crippen MR) is 71.0 cm³/mol. The lowest BCUT2D eigenvalue weighted by atomic mass is 10.1. The van der Waals surface area contributed by atoms with Crippen LogP contribution in [-0.2, 0) is 4.74 Å². The molecule has 0 unspecified atom stereocenters. The van der Waals surface area contributed by atoms with Crippen LogP contribution in [0, 0.1) is 39.9 Å². The zero-order valence-electron chi connectivity index (χ0n) is 10.4. The van der Waals surface area contributed by atoms with Gasteiger partial charge in [0.2, 0.25) is 0 Å². The number of rotatable bonds is 2. The van der Waals surface area contributed by atoms with E-state index in [0.29, 0.717) is 18.8 Å². The molecule has 0 amide bonds. The molecule has 0 aromatic rings. The predicted octanol–water partition coefficient (Wildman–Crippen LogP) is 2.04. The van der Waals surface area contributed by atoms with Crippen LogP contribution in [-0.4, -0.2) is 19.1 Å². The van der Waals surface area contributed by atoms with Gasteiger partial charge in [-0.15, -0.1) is 5.92 Å². The molecule has 0 radical (unpaired) electrons. The molecule has 0 aromatic carbocycles. The third kappa shape index (κ3) is 4.50. The minimum absolute atomic E-state index is 0.133. The maximum absolute atomic E-state index is 8.89. The summed E-state index contributed by atoms with van der Waals surface area (Å²) in [5, 5.41) is 24.6. The van der Waals surface area contributed by atoms with E-state index in [1.807, 2.05) is 24.1 Å². The molecule has 1 heterocycles. The van der Waals surface area contributed by atoms with Gasteiger partial charge in [-0.2, -0.15) is 10.5 Å². The Morgan fingerprint density at radius 3 is 2.74 bits per heavy atom. The Hall–Kier alpha value is -2.83. The fraction of sp³-hybridized carbons (Fsp3) is 0.200. The molecule has 4 nitrogen and oxygen atoms in total. The second kappa shape index (κ2) is 7.49. The van der Waals surface area contributed by atoms with E-state index in [9.17, 15) is 0 Å². The van der Waals surface area contributed by atoms with Crippen LogP contribution in [0.3, 0.4) is 0 Å². The third-order valence-electron chi connectivity index (χ3n) is 2.20. The summed E-state index contributed by atoms with van der Waals surface area (Å²) in [6.45, 7) is 2.42. The molecule has 0 aromatic heterocycles. The molecule has 0 atom stereocenters. The third-order valence-corrected chi connectivity index (χ3v) is 2.20. The van der Waals surface area contributed by atoms with E-state index >= 15 is 0 Å². The molecule has 1 aliphatic rings. The van der Waals surface area contributed by atoms with E-state index < -0.39 is 0 Å². The topological polar surface area (TPSA) is 80.7 Å². The summed E-state index contributed by atoms with van der Waals surface area (Å²) in [5.74, 6) is 7.40. The molecule has 19 heavy (non-hydrogen) atoms. The van der Waals surface area contributed by atoms with Gasteiger partial charge in [0.25, 0.3) is 0 Å². The summed E-state index contributed by atoms with van der Waals surface area (Å²) in [5.41, 5.74) is 2.06. The number of nitrogens with one attached hydrogen (secondary N) is 1. The molecule has 92 valence electrons. The van der Waals surface area contributed by atoms with E-state index in [-0.39, 0.29) is 5.57 Å². The lowest BCUT2D eigenvalue weighted by molar-refractivity contribution is 0.177. The number of ether oxygens (including phenoxy) is 1. The van der Waals surface area contributed by atoms with Crippen LogP contribution in [0.15, 0.2) is 40.5 Å². The first-order valence-electron chi connectivity index (χ1n) is 5.46. The zero-order valence-corrected chi connectivity index (χ0v) is 10.4. The van der Waals surface area contributed by atoms with Gasteiger partial charge in [-0.05, 0) is 36.1 Å². The highest BCUT2D eigenvalue weighted by molar-refractivity contribution is 5.66. The van der Waals surface area contributed by atoms with Gasteiger partial charge < -0.3 is 4.74 Å². The van der Waals surface area contributed by atoms with Crippen LogP contribution in [0.4, 0.5) is 0 Å². The quantitative estimate of drug-likeness (QED) is 0.462. The van der Waals surface area contributed by atoms with Crippen molar-refractivity contribution < 1.29 is 4.74 Å². The number of nitriles is 2. The fourth-order valence-electron chi connectivity index (χ4n) is 1.47. The smallest absolute Gasteiger partial charge is 0.113 e. The molecule has 1 rings (SSSR count). The average molecular weight is 249 g/mol. The van der Waals surface area contributed by atoms with Crippen molar-refractivity contribution in [2.45, 2.75) is 6.92 Å². The van der Waals surface area contributed by atoms with Gasteiger partial charge in [0.05, 0.1) is 13.2 Å². The maximum atomic E-state index is 8.89. The second-order valence-corrected chi connectivity index (χ2v) is 3.63. The lowest BCUT2D eigenvalue weighted by Gasteiger charge is -2.13. The minimum atomic E-state index is 0.133. The molecular weight excluding hydrogens is 238 g/mol. The van der Waals surface area contributed by atoms with Gasteiger partial charge >= 0.3 is 0 Å². The standard InChI is InChI=1S/C15H11N3O/c1-2-3-12(7-16)4-13-5-14(11-19-10-13)6-15(8-17)9-18/h4-6,17H,10-11H2,1H3. The lowest BCUT2D eigenvalue weighted by Crippen LogP contribution is -2.08. The Labute approximate surface area is 112 Å². The van der Waals surface area contributed by atoms with Crippen LogP contribution in [0.2, 0.25) is 0 Å². The first-order chi connectivity index (χ1) is 9.23. The SMILES string of the molecule is CC#CC(C#N)=CC1=CC(=CC(=C=N)C#N)COC1. The van der Waals surface area contributed by atoms with Crippen LogP contribution in [0.25, 0.3) is 0 Å². The minimum Gasteiger partial charge on any atom is -0.372 e. The van der Waals surface area contributed by atoms with Crippen molar-refractivity contribution in [2.24, 2.45) is 0 Å².